The van der Waals surface area contributed by atoms with Crippen molar-refractivity contribution in [2.45, 2.75) is 32.4 Å². The van der Waals surface area contributed by atoms with Crippen LogP contribution in [0.4, 0.5) is 10.9 Å². The van der Waals surface area contributed by atoms with Crippen LogP contribution < -0.4 is 11.1 Å². The van der Waals surface area contributed by atoms with Crippen molar-refractivity contribution in [1.82, 2.24) is 9.88 Å². The van der Waals surface area contributed by atoms with Crippen LogP contribution in [0.3, 0.4) is 0 Å². The van der Waals surface area contributed by atoms with Gasteiger partial charge in [0.25, 0.3) is 5.91 Å². The first kappa shape index (κ1) is 14.3. The molecule has 7 heteroatoms. The zero-order chi connectivity index (χ0) is 14.8. The number of aromatic nitrogens is 1. The highest BCUT2D eigenvalue weighted by atomic mass is 32.1. The van der Waals surface area contributed by atoms with Gasteiger partial charge in [-0.25, -0.2) is 4.98 Å². The number of hydrogen-bond donors (Lipinski definition) is 2. The lowest BCUT2D eigenvalue weighted by Crippen LogP contribution is -2.32. The minimum Gasteiger partial charge on any atom is -0.382 e. The van der Waals surface area contributed by atoms with Crippen molar-refractivity contribution >= 4 is 39.5 Å². The van der Waals surface area contributed by atoms with Crippen LogP contribution in [0.1, 0.15) is 35.0 Å². The molecule has 1 fully saturated rings. The third-order valence-electron chi connectivity index (χ3n) is 3.36. The number of rotatable bonds is 6. The molecule has 2 heterocycles. The molecular weight excluding hydrogens is 304 g/mol. The second kappa shape index (κ2) is 6.03. The first-order chi connectivity index (χ1) is 10.2. The van der Waals surface area contributed by atoms with Gasteiger partial charge in [0, 0.05) is 19.1 Å². The second-order valence-corrected chi connectivity index (χ2v) is 6.84. The zero-order valence-electron chi connectivity index (χ0n) is 11.8. The van der Waals surface area contributed by atoms with Crippen molar-refractivity contribution in [3.05, 3.63) is 27.3 Å². The summed E-state index contributed by atoms with van der Waals surface area (Å²) in [6.45, 7) is 3.41. The molecule has 1 aliphatic rings. The van der Waals surface area contributed by atoms with E-state index in [9.17, 15) is 4.79 Å². The molecule has 21 heavy (non-hydrogen) atoms. The maximum atomic E-state index is 12.8. The molecule has 1 amide bonds. The van der Waals surface area contributed by atoms with Gasteiger partial charge in [-0.3, -0.25) is 4.79 Å². The monoisotopic (exact) mass is 322 g/mol. The average molecular weight is 322 g/mol. The van der Waals surface area contributed by atoms with E-state index in [2.05, 4.69) is 21.7 Å². The summed E-state index contributed by atoms with van der Waals surface area (Å²) >= 11 is 3.00. The van der Waals surface area contributed by atoms with Gasteiger partial charge in [-0.2, -0.15) is 11.3 Å². The molecule has 0 aliphatic heterocycles. The topological polar surface area (TPSA) is 71.2 Å². The van der Waals surface area contributed by atoms with Crippen molar-refractivity contribution in [3.8, 4) is 0 Å². The number of thiazole rings is 1. The van der Waals surface area contributed by atoms with E-state index in [0.29, 0.717) is 28.4 Å². The van der Waals surface area contributed by atoms with E-state index in [1.54, 1.807) is 11.3 Å². The number of nitrogen functional groups attached to an aromatic ring is 1. The highest BCUT2D eigenvalue weighted by molar-refractivity contribution is 7.18. The van der Waals surface area contributed by atoms with Gasteiger partial charge >= 0.3 is 0 Å². The molecule has 0 unspecified atom stereocenters. The van der Waals surface area contributed by atoms with Crippen LogP contribution in [0.15, 0.2) is 16.8 Å². The van der Waals surface area contributed by atoms with E-state index >= 15 is 0 Å². The molecule has 2 aromatic rings. The Kier molecular flexibility index (Phi) is 4.12. The highest BCUT2D eigenvalue weighted by Crippen LogP contribution is 2.33. The van der Waals surface area contributed by atoms with Crippen LogP contribution in [0.2, 0.25) is 0 Å². The summed E-state index contributed by atoms with van der Waals surface area (Å²) in [6.07, 6.45) is 2.16. The van der Waals surface area contributed by atoms with Gasteiger partial charge in [0.15, 0.2) is 5.13 Å². The first-order valence-electron chi connectivity index (χ1n) is 7.01. The predicted molar refractivity (Wildman–Crippen MR) is 87.9 cm³/mol. The molecule has 0 atom stereocenters. The van der Waals surface area contributed by atoms with E-state index in [-0.39, 0.29) is 5.91 Å². The molecule has 3 rings (SSSR count). The van der Waals surface area contributed by atoms with Crippen molar-refractivity contribution in [2.75, 3.05) is 17.6 Å². The van der Waals surface area contributed by atoms with E-state index in [1.807, 2.05) is 17.2 Å². The van der Waals surface area contributed by atoms with Gasteiger partial charge in [0.2, 0.25) is 0 Å². The smallest absolute Gasteiger partial charge is 0.268 e. The number of nitrogens with two attached hydrogens (primary N) is 1. The maximum absolute atomic E-state index is 12.8. The quantitative estimate of drug-likeness (QED) is 0.857. The summed E-state index contributed by atoms with van der Waals surface area (Å²) in [5.74, 6) is 0.333. The molecule has 0 bridgehead atoms. The van der Waals surface area contributed by atoms with Gasteiger partial charge in [-0.1, -0.05) is 11.3 Å². The van der Waals surface area contributed by atoms with Crippen molar-refractivity contribution in [2.24, 2.45) is 0 Å². The minimum atomic E-state index is 0.00264. The molecule has 0 radical (unpaired) electrons. The minimum absolute atomic E-state index is 0.00264. The van der Waals surface area contributed by atoms with Gasteiger partial charge in [-0.15, -0.1) is 0 Å². The van der Waals surface area contributed by atoms with Crippen LogP contribution in [0.25, 0.3) is 0 Å². The zero-order valence-corrected chi connectivity index (χ0v) is 13.5. The third-order valence-corrected chi connectivity index (χ3v) is 5.11. The van der Waals surface area contributed by atoms with Crippen molar-refractivity contribution in [1.29, 1.82) is 0 Å². The fraction of sp³-hybridized carbons (Fsp3) is 0.429. The van der Waals surface area contributed by atoms with Crippen molar-refractivity contribution < 1.29 is 4.79 Å². The Morgan fingerprint density at radius 2 is 2.38 bits per heavy atom. The van der Waals surface area contributed by atoms with E-state index in [1.165, 1.54) is 16.9 Å². The molecule has 1 aliphatic carbocycles. The van der Waals surface area contributed by atoms with Crippen LogP contribution in [-0.4, -0.2) is 28.4 Å². The van der Waals surface area contributed by atoms with Crippen molar-refractivity contribution in [3.63, 3.8) is 0 Å². The normalized spacial score (nSPS) is 14.1. The Bertz CT molecular complexity index is 619. The molecule has 3 N–H and O–H groups in total. The largest absolute Gasteiger partial charge is 0.382 e. The Balaban J connectivity index is 1.80. The standard InChI is InChI=1S/C14H18N4OS2/c1-2-16-14-17-12(15)11(21-14)13(19)18(10-3-4-10)7-9-5-6-20-8-9/h5-6,8,10H,2-4,7,15H2,1H3,(H,16,17). The summed E-state index contributed by atoms with van der Waals surface area (Å²) < 4.78 is 0. The molecule has 0 spiro atoms. The molecule has 1 saturated carbocycles. The number of hydrogen-bond acceptors (Lipinski definition) is 6. The van der Waals surface area contributed by atoms with Gasteiger partial charge < -0.3 is 16.0 Å². The maximum Gasteiger partial charge on any atom is 0.268 e. The first-order valence-corrected chi connectivity index (χ1v) is 8.77. The van der Waals surface area contributed by atoms with E-state index < -0.39 is 0 Å². The van der Waals surface area contributed by atoms with Crippen LogP contribution in [0.5, 0.6) is 0 Å². The number of nitrogens with zero attached hydrogens (tertiary/aromatic N) is 2. The summed E-state index contributed by atoms with van der Waals surface area (Å²) in [5.41, 5.74) is 7.09. The molecule has 112 valence electrons. The summed E-state index contributed by atoms with van der Waals surface area (Å²) in [6, 6.07) is 2.41. The average Bonchev–Trinajstić information content (AvgIpc) is 3.04. The lowest BCUT2D eigenvalue weighted by molar-refractivity contribution is 0.0736. The Morgan fingerprint density at radius 1 is 1.57 bits per heavy atom. The fourth-order valence-corrected chi connectivity index (χ4v) is 3.74. The summed E-state index contributed by atoms with van der Waals surface area (Å²) in [5, 5.41) is 7.95. The lowest BCUT2D eigenvalue weighted by Gasteiger charge is -2.21. The molecule has 0 saturated heterocycles. The third kappa shape index (κ3) is 3.19. The lowest BCUT2D eigenvalue weighted by atomic mass is 10.3. The Labute approximate surface area is 131 Å². The Morgan fingerprint density at radius 3 is 3.00 bits per heavy atom. The summed E-state index contributed by atoms with van der Waals surface area (Å²) in [7, 11) is 0. The molecule has 0 aromatic carbocycles. The fourth-order valence-electron chi connectivity index (χ4n) is 2.17. The van der Waals surface area contributed by atoms with Crippen LogP contribution >= 0.6 is 22.7 Å². The predicted octanol–water partition coefficient (Wildman–Crippen LogP) is 3.02. The SMILES string of the molecule is CCNc1nc(N)c(C(=O)N(Cc2ccsc2)C2CC2)s1. The van der Waals surface area contributed by atoms with Gasteiger partial charge in [-0.05, 0) is 42.2 Å². The van der Waals surface area contributed by atoms with E-state index in [4.69, 9.17) is 5.73 Å². The number of carbonyl (C=O) groups excluding carboxylic acids is 1. The molecule has 2 aromatic heterocycles. The Hall–Kier alpha value is -1.60. The number of amides is 1. The summed E-state index contributed by atoms with van der Waals surface area (Å²) in [4.78, 5) is 19.5. The van der Waals surface area contributed by atoms with E-state index in [0.717, 1.165) is 19.4 Å². The number of nitrogens with one attached hydrogen (secondary N) is 1. The molecular formula is C14H18N4OS2. The second-order valence-electron chi connectivity index (χ2n) is 5.06. The highest BCUT2D eigenvalue weighted by Gasteiger charge is 2.34. The number of thiophene rings is 1. The van der Waals surface area contributed by atoms with Crippen LogP contribution in [0, 0.1) is 0 Å². The van der Waals surface area contributed by atoms with Gasteiger partial charge in [0.1, 0.15) is 10.7 Å². The van der Waals surface area contributed by atoms with Gasteiger partial charge in [0.05, 0.1) is 0 Å². The number of anilines is 2. The number of carbonyl (C=O) groups is 1. The molecule has 5 nitrogen and oxygen atoms in total. The van der Waals surface area contributed by atoms with Crippen LogP contribution in [-0.2, 0) is 6.54 Å².